The number of rotatable bonds is 4. The molecule has 1 aromatic carbocycles. The molecular weight excluding hydrogens is 239 g/mol. The van der Waals surface area contributed by atoms with Gasteiger partial charge in [0.25, 0.3) is 0 Å². The molecule has 0 amide bonds. The van der Waals surface area contributed by atoms with Crippen molar-refractivity contribution < 1.29 is 4.39 Å². The average molecular weight is 264 g/mol. The first-order chi connectivity index (χ1) is 9.02. The number of nitrogens with zero attached hydrogens (tertiary/aromatic N) is 1. The fraction of sp³-hybridized carbons (Fsp3) is 0.625. The van der Waals surface area contributed by atoms with Gasteiger partial charge in [0.05, 0.1) is 0 Å². The summed E-state index contributed by atoms with van der Waals surface area (Å²) in [5, 5.41) is 3.64. The molecule has 0 aliphatic carbocycles. The van der Waals surface area contributed by atoms with Gasteiger partial charge in [0, 0.05) is 31.2 Å². The van der Waals surface area contributed by atoms with Gasteiger partial charge in [-0.3, -0.25) is 4.90 Å². The second kappa shape index (κ2) is 6.02. The van der Waals surface area contributed by atoms with E-state index in [1.54, 1.807) is 12.1 Å². The van der Waals surface area contributed by atoms with Gasteiger partial charge in [-0.15, -0.1) is 0 Å². The van der Waals surface area contributed by atoms with Gasteiger partial charge < -0.3 is 5.32 Å². The Hall–Kier alpha value is -0.930. The molecule has 3 heteroatoms. The smallest absolute Gasteiger partial charge is 0.123 e. The SMILES string of the molecule is CCC1(C)CN(CCc2ccc(F)cc2)C(C)CN1. The highest BCUT2D eigenvalue weighted by Gasteiger charge is 2.31. The van der Waals surface area contributed by atoms with Crippen LogP contribution in [0, 0.1) is 5.82 Å². The predicted octanol–water partition coefficient (Wildman–Crippen LogP) is 2.83. The first-order valence-electron chi connectivity index (χ1n) is 7.26. The fourth-order valence-corrected chi connectivity index (χ4v) is 2.64. The van der Waals surface area contributed by atoms with Crippen LogP contribution in [-0.4, -0.2) is 36.1 Å². The van der Waals surface area contributed by atoms with Crippen LogP contribution in [0.4, 0.5) is 4.39 Å². The quantitative estimate of drug-likeness (QED) is 0.899. The van der Waals surface area contributed by atoms with Gasteiger partial charge in [0.1, 0.15) is 5.82 Å². The number of benzene rings is 1. The molecule has 1 N–H and O–H groups in total. The Morgan fingerprint density at radius 3 is 2.68 bits per heavy atom. The maximum atomic E-state index is 12.9. The minimum Gasteiger partial charge on any atom is -0.309 e. The first-order valence-corrected chi connectivity index (χ1v) is 7.26. The van der Waals surface area contributed by atoms with Gasteiger partial charge in [0.15, 0.2) is 0 Å². The van der Waals surface area contributed by atoms with Gasteiger partial charge in [0.2, 0.25) is 0 Å². The molecule has 106 valence electrons. The van der Waals surface area contributed by atoms with Crippen molar-refractivity contribution in [2.75, 3.05) is 19.6 Å². The summed E-state index contributed by atoms with van der Waals surface area (Å²) in [5.74, 6) is -0.155. The van der Waals surface area contributed by atoms with E-state index >= 15 is 0 Å². The maximum absolute atomic E-state index is 12.9. The van der Waals surface area contributed by atoms with Gasteiger partial charge in [-0.1, -0.05) is 19.1 Å². The van der Waals surface area contributed by atoms with Crippen molar-refractivity contribution in [2.24, 2.45) is 0 Å². The van der Waals surface area contributed by atoms with E-state index in [1.807, 2.05) is 12.1 Å². The summed E-state index contributed by atoms with van der Waals surface area (Å²) in [4.78, 5) is 2.54. The van der Waals surface area contributed by atoms with E-state index in [1.165, 1.54) is 5.56 Å². The van der Waals surface area contributed by atoms with Crippen LogP contribution in [0.5, 0.6) is 0 Å². The van der Waals surface area contributed by atoms with Crippen molar-refractivity contribution >= 4 is 0 Å². The van der Waals surface area contributed by atoms with E-state index in [4.69, 9.17) is 0 Å². The van der Waals surface area contributed by atoms with Crippen LogP contribution in [0.1, 0.15) is 32.8 Å². The summed E-state index contributed by atoms with van der Waals surface area (Å²) in [7, 11) is 0. The van der Waals surface area contributed by atoms with E-state index in [2.05, 4.69) is 31.0 Å². The van der Waals surface area contributed by atoms with Crippen LogP contribution in [0.25, 0.3) is 0 Å². The molecule has 1 aliphatic rings. The standard InChI is InChI=1S/C16H25FN2/c1-4-16(3)12-19(13(2)11-18-16)10-9-14-5-7-15(17)8-6-14/h5-8,13,18H,4,9-12H2,1-3H3. The van der Waals surface area contributed by atoms with Gasteiger partial charge >= 0.3 is 0 Å². The minimum atomic E-state index is -0.155. The van der Waals surface area contributed by atoms with Gasteiger partial charge in [-0.2, -0.15) is 0 Å². The number of piperazine rings is 1. The number of halogens is 1. The summed E-state index contributed by atoms with van der Waals surface area (Å²) in [5.41, 5.74) is 1.44. The highest BCUT2D eigenvalue weighted by molar-refractivity contribution is 5.16. The fourth-order valence-electron chi connectivity index (χ4n) is 2.64. The van der Waals surface area contributed by atoms with Gasteiger partial charge in [-0.05, 0) is 44.4 Å². The average Bonchev–Trinajstić information content (AvgIpc) is 2.42. The predicted molar refractivity (Wildman–Crippen MR) is 77.8 cm³/mol. The number of hydrogen-bond donors (Lipinski definition) is 1. The molecule has 1 aliphatic heterocycles. The Bertz CT molecular complexity index is 404. The van der Waals surface area contributed by atoms with Crippen LogP contribution >= 0.6 is 0 Å². The molecule has 1 fully saturated rings. The Morgan fingerprint density at radius 2 is 2.05 bits per heavy atom. The summed E-state index contributed by atoms with van der Waals surface area (Å²) < 4.78 is 12.9. The minimum absolute atomic E-state index is 0.155. The Kier molecular flexibility index (Phi) is 4.58. The molecule has 0 bridgehead atoms. The zero-order valence-electron chi connectivity index (χ0n) is 12.2. The van der Waals surface area contributed by atoms with Crippen molar-refractivity contribution in [3.8, 4) is 0 Å². The van der Waals surface area contributed by atoms with Crippen LogP contribution in [-0.2, 0) is 6.42 Å². The van der Waals surface area contributed by atoms with E-state index < -0.39 is 0 Å². The van der Waals surface area contributed by atoms with Crippen molar-refractivity contribution in [1.29, 1.82) is 0 Å². The summed E-state index contributed by atoms with van der Waals surface area (Å²) >= 11 is 0. The summed E-state index contributed by atoms with van der Waals surface area (Å²) in [6.07, 6.45) is 2.14. The van der Waals surface area contributed by atoms with E-state index in [0.717, 1.165) is 32.5 Å². The summed E-state index contributed by atoms with van der Waals surface area (Å²) in [6, 6.07) is 7.45. The Labute approximate surface area is 116 Å². The Morgan fingerprint density at radius 1 is 1.37 bits per heavy atom. The van der Waals surface area contributed by atoms with E-state index in [9.17, 15) is 4.39 Å². The third-order valence-electron chi connectivity index (χ3n) is 4.38. The number of nitrogens with one attached hydrogen (secondary N) is 1. The van der Waals surface area contributed by atoms with Crippen LogP contribution < -0.4 is 5.32 Å². The van der Waals surface area contributed by atoms with Crippen molar-refractivity contribution in [3.63, 3.8) is 0 Å². The normalized spacial score (nSPS) is 28.5. The Balaban J connectivity index is 1.92. The lowest BCUT2D eigenvalue weighted by atomic mass is 9.93. The highest BCUT2D eigenvalue weighted by Crippen LogP contribution is 2.19. The molecule has 1 heterocycles. The molecule has 0 spiro atoms. The number of hydrogen-bond acceptors (Lipinski definition) is 2. The molecule has 0 radical (unpaired) electrons. The maximum Gasteiger partial charge on any atom is 0.123 e. The molecule has 2 rings (SSSR count). The second-order valence-corrected chi connectivity index (χ2v) is 5.99. The molecule has 1 aromatic rings. The van der Waals surface area contributed by atoms with Crippen molar-refractivity contribution in [1.82, 2.24) is 10.2 Å². The lowest BCUT2D eigenvalue weighted by Gasteiger charge is -2.45. The van der Waals surface area contributed by atoms with E-state index in [0.29, 0.717) is 6.04 Å². The molecule has 2 nitrogen and oxygen atoms in total. The molecule has 2 atom stereocenters. The van der Waals surface area contributed by atoms with Crippen molar-refractivity contribution in [2.45, 2.75) is 45.2 Å². The molecule has 2 unspecified atom stereocenters. The summed E-state index contributed by atoms with van der Waals surface area (Å²) in [6.45, 7) is 9.99. The second-order valence-electron chi connectivity index (χ2n) is 5.99. The largest absolute Gasteiger partial charge is 0.309 e. The molecule has 0 saturated carbocycles. The van der Waals surface area contributed by atoms with Gasteiger partial charge in [-0.25, -0.2) is 4.39 Å². The van der Waals surface area contributed by atoms with Crippen LogP contribution in [0.2, 0.25) is 0 Å². The van der Waals surface area contributed by atoms with Crippen LogP contribution in [0.3, 0.4) is 0 Å². The topological polar surface area (TPSA) is 15.3 Å². The molecular formula is C16H25FN2. The highest BCUT2D eigenvalue weighted by atomic mass is 19.1. The zero-order valence-corrected chi connectivity index (χ0v) is 12.2. The lowest BCUT2D eigenvalue weighted by molar-refractivity contribution is 0.0944. The molecule has 19 heavy (non-hydrogen) atoms. The molecule has 1 saturated heterocycles. The third kappa shape index (κ3) is 3.77. The van der Waals surface area contributed by atoms with Crippen LogP contribution in [0.15, 0.2) is 24.3 Å². The monoisotopic (exact) mass is 264 g/mol. The zero-order chi connectivity index (χ0) is 13.9. The molecule has 0 aromatic heterocycles. The first kappa shape index (κ1) is 14.5. The lowest BCUT2D eigenvalue weighted by Crippen LogP contribution is -2.62. The van der Waals surface area contributed by atoms with Crippen molar-refractivity contribution in [3.05, 3.63) is 35.6 Å². The van der Waals surface area contributed by atoms with E-state index in [-0.39, 0.29) is 11.4 Å². The third-order valence-corrected chi connectivity index (χ3v) is 4.38.